The molecule has 2 rings (SSSR count). The van der Waals surface area contributed by atoms with Crippen LogP contribution in [-0.2, 0) is 4.79 Å². The second-order valence-corrected chi connectivity index (χ2v) is 5.79. The molecule has 1 aliphatic heterocycles. The zero-order valence-electron chi connectivity index (χ0n) is 7.58. The topological polar surface area (TPSA) is 33.2 Å². The van der Waals surface area contributed by atoms with Crippen molar-refractivity contribution in [3.05, 3.63) is 21.9 Å². The van der Waals surface area contributed by atoms with E-state index in [1.807, 2.05) is 0 Å². The van der Waals surface area contributed by atoms with Gasteiger partial charge in [0.15, 0.2) is 0 Å². The molecule has 15 heavy (non-hydrogen) atoms. The van der Waals surface area contributed by atoms with Crippen LogP contribution in [0.5, 0.6) is 0 Å². The molecule has 0 spiro atoms. The van der Waals surface area contributed by atoms with Crippen LogP contribution in [0.15, 0.2) is 16.9 Å². The molecule has 2 heterocycles. The fraction of sp³-hybridized carbons (Fsp3) is 0.333. The minimum Gasteiger partial charge on any atom is -0.308 e. The van der Waals surface area contributed by atoms with Gasteiger partial charge in [-0.2, -0.15) is 0 Å². The van der Waals surface area contributed by atoms with E-state index in [0.29, 0.717) is 28.1 Å². The number of carbonyl (C=O) groups excluding carboxylic acids is 1. The van der Waals surface area contributed by atoms with Crippen molar-refractivity contribution in [3.63, 3.8) is 0 Å². The monoisotopic (exact) mass is 352 g/mol. The van der Waals surface area contributed by atoms with Gasteiger partial charge in [0, 0.05) is 24.0 Å². The van der Waals surface area contributed by atoms with E-state index >= 15 is 0 Å². The van der Waals surface area contributed by atoms with Crippen LogP contribution < -0.4 is 4.90 Å². The van der Waals surface area contributed by atoms with Crippen LogP contribution in [0, 0.1) is 0 Å². The number of hydrogen-bond acceptors (Lipinski definition) is 2. The molecule has 1 aromatic rings. The number of aromatic nitrogens is 1. The van der Waals surface area contributed by atoms with E-state index < -0.39 is 0 Å². The second-order valence-electron chi connectivity index (χ2n) is 3.26. The van der Waals surface area contributed by atoms with Crippen molar-refractivity contribution in [1.82, 2.24) is 4.98 Å². The van der Waals surface area contributed by atoms with Crippen LogP contribution in [0.25, 0.3) is 0 Å². The quantitative estimate of drug-likeness (QED) is 0.727. The van der Waals surface area contributed by atoms with Crippen molar-refractivity contribution in [2.24, 2.45) is 0 Å². The summed E-state index contributed by atoms with van der Waals surface area (Å²) >= 11 is 12.8. The normalized spacial score (nSPS) is 21.1. The summed E-state index contributed by atoms with van der Waals surface area (Å²) in [6.07, 6.45) is 3.72. The van der Waals surface area contributed by atoms with Crippen LogP contribution in [0.1, 0.15) is 6.42 Å². The Balaban J connectivity index is 2.38. The highest BCUT2D eigenvalue weighted by atomic mass is 79.9. The summed E-state index contributed by atoms with van der Waals surface area (Å²) in [4.78, 5) is 17.5. The number of amides is 1. The van der Waals surface area contributed by atoms with E-state index in [-0.39, 0.29) is 10.7 Å². The van der Waals surface area contributed by atoms with Gasteiger partial charge in [-0.25, -0.2) is 0 Å². The molecule has 1 aromatic heterocycles. The zero-order chi connectivity index (χ0) is 11.0. The van der Waals surface area contributed by atoms with Crippen molar-refractivity contribution in [3.8, 4) is 0 Å². The summed E-state index contributed by atoms with van der Waals surface area (Å²) in [7, 11) is 0. The Hall–Kier alpha value is -0.130. The van der Waals surface area contributed by atoms with E-state index in [9.17, 15) is 4.79 Å². The lowest BCUT2D eigenvalue weighted by molar-refractivity contribution is -0.117. The Kier molecular flexibility index (Phi) is 3.33. The summed E-state index contributed by atoms with van der Waals surface area (Å²) in [6, 6.07) is 0. The molecule has 1 fully saturated rings. The summed E-state index contributed by atoms with van der Waals surface area (Å²) in [5, 5.41) is 0.528. The maximum absolute atomic E-state index is 11.6. The molecule has 1 atom stereocenters. The Labute approximate surface area is 109 Å². The molecule has 0 bridgehead atoms. The maximum atomic E-state index is 11.6. The molecule has 0 saturated carbocycles. The van der Waals surface area contributed by atoms with Gasteiger partial charge in [-0.05, 0) is 15.9 Å². The van der Waals surface area contributed by atoms with Crippen molar-refractivity contribution in [2.45, 2.75) is 11.2 Å². The van der Waals surface area contributed by atoms with E-state index in [1.54, 1.807) is 17.3 Å². The van der Waals surface area contributed by atoms with E-state index in [1.165, 1.54) is 0 Å². The lowest BCUT2D eigenvalue weighted by atomic mass is 10.4. The zero-order valence-corrected chi connectivity index (χ0v) is 11.5. The first-order valence-corrected chi connectivity index (χ1v) is 6.41. The molecule has 80 valence electrons. The van der Waals surface area contributed by atoms with Gasteiger partial charge in [-0.3, -0.25) is 9.78 Å². The SMILES string of the molecule is O=C1CC(Br)CN1c1cncc(Br)c1Cl. The van der Waals surface area contributed by atoms with Crippen molar-refractivity contribution >= 4 is 55.1 Å². The van der Waals surface area contributed by atoms with Crippen LogP contribution in [-0.4, -0.2) is 22.3 Å². The number of anilines is 1. The molecule has 0 N–H and O–H groups in total. The number of rotatable bonds is 1. The number of nitrogens with zero attached hydrogens (tertiary/aromatic N) is 2. The summed E-state index contributed by atoms with van der Waals surface area (Å²) in [5.41, 5.74) is 0.665. The van der Waals surface area contributed by atoms with Gasteiger partial charge in [0.1, 0.15) is 0 Å². The summed E-state index contributed by atoms with van der Waals surface area (Å²) < 4.78 is 0.701. The minimum absolute atomic E-state index is 0.0682. The lowest BCUT2D eigenvalue weighted by Crippen LogP contribution is -2.25. The van der Waals surface area contributed by atoms with Gasteiger partial charge in [0.2, 0.25) is 5.91 Å². The summed E-state index contributed by atoms with van der Waals surface area (Å²) in [5.74, 6) is 0.0682. The summed E-state index contributed by atoms with van der Waals surface area (Å²) in [6.45, 7) is 0.636. The molecule has 1 unspecified atom stereocenters. The number of carbonyl (C=O) groups is 1. The van der Waals surface area contributed by atoms with Gasteiger partial charge >= 0.3 is 0 Å². The molecule has 1 aliphatic rings. The molecule has 0 aliphatic carbocycles. The minimum atomic E-state index is 0.0682. The van der Waals surface area contributed by atoms with E-state index in [0.717, 1.165) is 0 Å². The lowest BCUT2D eigenvalue weighted by Gasteiger charge is -2.17. The van der Waals surface area contributed by atoms with Crippen molar-refractivity contribution in [1.29, 1.82) is 0 Å². The number of hydrogen-bond donors (Lipinski definition) is 0. The molecule has 6 heteroatoms. The Bertz CT molecular complexity index is 413. The number of alkyl halides is 1. The smallest absolute Gasteiger partial charge is 0.228 e. The first-order valence-electron chi connectivity index (χ1n) is 4.33. The largest absolute Gasteiger partial charge is 0.308 e. The van der Waals surface area contributed by atoms with Gasteiger partial charge in [0.25, 0.3) is 0 Å². The predicted molar refractivity (Wildman–Crippen MR) is 66.6 cm³/mol. The Morgan fingerprint density at radius 2 is 2.27 bits per heavy atom. The maximum Gasteiger partial charge on any atom is 0.228 e. The van der Waals surface area contributed by atoms with Gasteiger partial charge in [-0.15, -0.1) is 0 Å². The van der Waals surface area contributed by atoms with Crippen LogP contribution in [0.2, 0.25) is 5.02 Å². The first kappa shape index (κ1) is 11.4. The average Bonchev–Trinajstić information content (AvgIpc) is 2.50. The molecule has 1 saturated heterocycles. The van der Waals surface area contributed by atoms with E-state index in [2.05, 4.69) is 36.8 Å². The van der Waals surface area contributed by atoms with Gasteiger partial charge < -0.3 is 4.90 Å². The number of halogens is 3. The molecular weight excluding hydrogens is 347 g/mol. The van der Waals surface area contributed by atoms with Crippen LogP contribution in [0.3, 0.4) is 0 Å². The van der Waals surface area contributed by atoms with Crippen molar-refractivity contribution in [2.75, 3.05) is 11.4 Å². The number of pyridine rings is 1. The fourth-order valence-corrected chi connectivity index (χ4v) is 2.58. The Morgan fingerprint density at radius 3 is 2.87 bits per heavy atom. The second kappa shape index (κ2) is 4.39. The van der Waals surface area contributed by atoms with Crippen LogP contribution in [0.4, 0.5) is 5.69 Å². The highest BCUT2D eigenvalue weighted by Gasteiger charge is 2.30. The highest BCUT2D eigenvalue weighted by Crippen LogP contribution is 2.34. The molecular formula is C9H7Br2ClN2O. The highest BCUT2D eigenvalue weighted by molar-refractivity contribution is 9.10. The predicted octanol–water partition coefficient (Wildman–Crippen LogP) is 3.00. The van der Waals surface area contributed by atoms with Crippen molar-refractivity contribution < 1.29 is 4.79 Å². The third kappa shape index (κ3) is 2.19. The third-order valence-electron chi connectivity index (χ3n) is 2.19. The molecule has 0 radical (unpaired) electrons. The Morgan fingerprint density at radius 1 is 1.53 bits per heavy atom. The third-order valence-corrected chi connectivity index (χ3v) is 4.03. The van der Waals surface area contributed by atoms with Gasteiger partial charge in [-0.1, -0.05) is 27.5 Å². The molecule has 3 nitrogen and oxygen atoms in total. The standard InChI is InChI=1S/C9H7Br2ClN2O/c10-5-1-8(15)14(4-5)7-3-13-2-6(11)9(7)12/h2-3,5H,1,4H2. The van der Waals surface area contributed by atoms with Gasteiger partial charge in [0.05, 0.1) is 21.4 Å². The first-order chi connectivity index (χ1) is 7.09. The molecule has 0 aromatic carbocycles. The van der Waals surface area contributed by atoms with E-state index in [4.69, 9.17) is 11.6 Å². The molecule has 1 amide bonds. The fourth-order valence-electron chi connectivity index (χ4n) is 1.49. The average molecular weight is 354 g/mol. The van der Waals surface area contributed by atoms with Crippen LogP contribution >= 0.6 is 43.5 Å².